The van der Waals surface area contributed by atoms with Crippen molar-refractivity contribution in [2.75, 3.05) is 14.2 Å². The number of sulfonamides is 1. The maximum Gasteiger partial charge on any atom is 0.321 e. The van der Waals surface area contributed by atoms with E-state index < -0.39 is 22.0 Å². The molecule has 0 spiro atoms. The smallest absolute Gasteiger partial charge is 0.321 e. The molecule has 0 fully saturated rings. The van der Waals surface area contributed by atoms with Crippen LogP contribution in [0.1, 0.15) is 19.4 Å². The Labute approximate surface area is 135 Å². The second kappa shape index (κ2) is 7.42. The van der Waals surface area contributed by atoms with E-state index in [0.717, 1.165) is 4.31 Å². The molecule has 0 aromatic heterocycles. The number of likely N-dealkylation sites (N-methyl/N-ethyl adjacent to an activating group) is 1. The standard InChI is InChI=1S/C14H20N2O6S/c1-9(14(18)19)16(3)23(20,21)13-7-11(8-15-10(2)17)5-6-12(13)22-4/h5-7,9H,8H2,1-4H3,(H,15,17)(H,18,19). The summed E-state index contributed by atoms with van der Waals surface area (Å²) in [7, 11) is -1.56. The predicted molar refractivity (Wildman–Crippen MR) is 82.6 cm³/mol. The molecular weight excluding hydrogens is 324 g/mol. The number of ether oxygens (including phenoxy) is 1. The molecule has 1 unspecified atom stereocenters. The van der Waals surface area contributed by atoms with Gasteiger partial charge in [-0.2, -0.15) is 4.31 Å². The maximum atomic E-state index is 12.6. The van der Waals surface area contributed by atoms with Crippen LogP contribution in [0.15, 0.2) is 23.1 Å². The third-order valence-corrected chi connectivity index (χ3v) is 5.28. The van der Waals surface area contributed by atoms with Crippen molar-refractivity contribution in [3.05, 3.63) is 23.8 Å². The average Bonchev–Trinajstić information content (AvgIpc) is 2.50. The van der Waals surface area contributed by atoms with Crippen LogP contribution in [0.2, 0.25) is 0 Å². The molecule has 1 rings (SSSR count). The van der Waals surface area contributed by atoms with E-state index in [1.165, 1.54) is 40.1 Å². The minimum atomic E-state index is -4.07. The molecule has 128 valence electrons. The monoisotopic (exact) mass is 344 g/mol. The van der Waals surface area contributed by atoms with Crippen LogP contribution in [-0.4, -0.2) is 49.9 Å². The van der Waals surface area contributed by atoms with Gasteiger partial charge in [0, 0.05) is 20.5 Å². The van der Waals surface area contributed by atoms with Gasteiger partial charge in [0.2, 0.25) is 15.9 Å². The molecule has 0 aliphatic carbocycles. The Hall–Kier alpha value is -2.13. The first kappa shape index (κ1) is 18.9. The van der Waals surface area contributed by atoms with Crippen LogP contribution in [0.25, 0.3) is 0 Å². The van der Waals surface area contributed by atoms with Crippen molar-refractivity contribution in [1.29, 1.82) is 0 Å². The SMILES string of the molecule is COc1ccc(CNC(C)=O)cc1S(=O)(=O)N(C)C(C)C(=O)O. The quantitative estimate of drug-likeness (QED) is 0.741. The maximum absolute atomic E-state index is 12.6. The van der Waals surface area contributed by atoms with E-state index in [1.54, 1.807) is 6.07 Å². The predicted octanol–water partition coefficient (Wildman–Crippen LogP) is 0.425. The van der Waals surface area contributed by atoms with E-state index in [0.29, 0.717) is 5.56 Å². The number of aliphatic carboxylic acids is 1. The molecule has 2 N–H and O–H groups in total. The van der Waals surface area contributed by atoms with Gasteiger partial charge < -0.3 is 15.2 Å². The third-order valence-electron chi connectivity index (χ3n) is 3.33. The number of carbonyl (C=O) groups is 2. The van der Waals surface area contributed by atoms with Crippen molar-refractivity contribution < 1.29 is 27.9 Å². The molecule has 1 atom stereocenters. The van der Waals surface area contributed by atoms with Crippen LogP contribution in [0.4, 0.5) is 0 Å². The van der Waals surface area contributed by atoms with Gasteiger partial charge in [-0.1, -0.05) is 6.07 Å². The summed E-state index contributed by atoms with van der Waals surface area (Å²) in [6.07, 6.45) is 0. The van der Waals surface area contributed by atoms with E-state index in [-0.39, 0.29) is 23.1 Å². The molecule has 0 bridgehead atoms. The number of carbonyl (C=O) groups excluding carboxylic acids is 1. The minimum absolute atomic E-state index is 0.0982. The second-order valence-electron chi connectivity index (χ2n) is 4.93. The number of carboxylic acid groups (broad SMARTS) is 1. The Morgan fingerprint density at radius 2 is 2.00 bits per heavy atom. The van der Waals surface area contributed by atoms with Gasteiger partial charge in [-0.25, -0.2) is 8.42 Å². The lowest BCUT2D eigenvalue weighted by atomic mass is 10.2. The lowest BCUT2D eigenvalue weighted by Crippen LogP contribution is -2.40. The molecule has 0 aliphatic rings. The highest BCUT2D eigenvalue weighted by Gasteiger charge is 2.31. The summed E-state index contributed by atoms with van der Waals surface area (Å²) in [4.78, 5) is 21.8. The molecule has 8 nitrogen and oxygen atoms in total. The van der Waals surface area contributed by atoms with Crippen molar-refractivity contribution in [3.63, 3.8) is 0 Å². The number of nitrogens with one attached hydrogen (secondary N) is 1. The number of amides is 1. The fourth-order valence-corrected chi connectivity index (χ4v) is 3.30. The zero-order valence-electron chi connectivity index (χ0n) is 13.4. The molecule has 0 aliphatic heterocycles. The fraction of sp³-hybridized carbons (Fsp3) is 0.429. The first-order valence-corrected chi connectivity index (χ1v) is 8.17. The Kier molecular flexibility index (Phi) is 6.11. The fourth-order valence-electron chi connectivity index (χ4n) is 1.78. The Balaban J connectivity index is 3.29. The highest BCUT2D eigenvalue weighted by atomic mass is 32.2. The molecule has 1 amide bonds. The summed E-state index contributed by atoms with van der Waals surface area (Å²) in [5.41, 5.74) is 0.552. The van der Waals surface area contributed by atoms with Gasteiger partial charge >= 0.3 is 5.97 Å². The van der Waals surface area contributed by atoms with Crippen LogP contribution in [0, 0.1) is 0 Å². The topological polar surface area (TPSA) is 113 Å². The van der Waals surface area contributed by atoms with Gasteiger partial charge in [0.1, 0.15) is 16.7 Å². The van der Waals surface area contributed by atoms with E-state index in [2.05, 4.69) is 5.32 Å². The number of hydrogen-bond donors (Lipinski definition) is 2. The summed E-state index contributed by atoms with van der Waals surface area (Å²) < 4.78 is 31.1. The normalized spacial score (nSPS) is 12.7. The molecule has 0 radical (unpaired) electrons. The van der Waals surface area contributed by atoms with E-state index >= 15 is 0 Å². The van der Waals surface area contributed by atoms with Crippen molar-refractivity contribution in [1.82, 2.24) is 9.62 Å². The van der Waals surface area contributed by atoms with Crippen molar-refractivity contribution in [2.45, 2.75) is 31.3 Å². The first-order chi connectivity index (χ1) is 10.6. The Bertz CT molecular complexity index is 701. The number of hydrogen-bond acceptors (Lipinski definition) is 5. The zero-order valence-corrected chi connectivity index (χ0v) is 14.2. The Morgan fingerprint density at radius 3 is 2.48 bits per heavy atom. The minimum Gasteiger partial charge on any atom is -0.495 e. The Morgan fingerprint density at radius 1 is 1.39 bits per heavy atom. The number of methoxy groups -OCH3 is 1. The van der Waals surface area contributed by atoms with Gasteiger partial charge in [0.15, 0.2) is 0 Å². The van der Waals surface area contributed by atoms with Crippen LogP contribution < -0.4 is 10.1 Å². The third kappa shape index (κ3) is 4.42. The highest BCUT2D eigenvalue weighted by Crippen LogP contribution is 2.28. The average molecular weight is 344 g/mol. The lowest BCUT2D eigenvalue weighted by Gasteiger charge is -2.22. The van der Waals surface area contributed by atoms with Gasteiger partial charge in [-0.05, 0) is 24.6 Å². The van der Waals surface area contributed by atoms with Gasteiger partial charge in [-0.15, -0.1) is 0 Å². The van der Waals surface area contributed by atoms with Gasteiger partial charge in [0.05, 0.1) is 7.11 Å². The van der Waals surface area contributed by atoms with Crippen molar-refractivity contribution in [2.24, 2.45) is 0 Å². The molecule has 1 aromatic carbocycles. The number of rotatable bonds is 7. The van der Waals surface area contributed by atoms with E-state index in [9.17, 15) is 18.0 Å². The number of benzene rings is 1. The lowest BCUT2D eigenvalue weighted by molar-refractivity contribution is -0.140. The van der Waals surface area contributed by atoms with Crippen LogP contribution in [0.5, 0.6) is 5.75 Å². The van der Waals surface area contributed by atoms with Crippen LogP contribution >= 0.6 is 0 Å². The molecule has 1 aromatic rings. The van der Waals surface area contributed by atoms with Gasteiger partial charge in [0.25, 0.3) is 0 Å². The molecule has 0 saturated heterocycles. The van der Waals surface area contributed by atoms with Crippen LogP contribution in [0.3, 0.4) is 0 Å². The largest absolute Gasteiger partial charge is 0.495 e. The van der Waals surface area contributed by atoms with Gasteiger partial charge in [-0.3, -0.25) is 9.59 Å². The summed E-state index contributed by atoms with van der Waals surface area (Å²) in [5, 5.41) is 11.6. The molecule has 0 heterocycles. The molecule has 9 heteroatoms. The zero-order chi connectivity index (χ0) is 17.8. The molecular formula is C14H20N2O6S. The highest BCUT2D eigenvalue weighted by molar-refractivity contribution is 7.89. The summed E-state index contributed by atoms with van der Waals surface area (Å²) in [6, 6.07) is 3.20. The summed E-state index contributed by atoms with van der Waals surface area (Å²) in [5.74, 6) is -1.41. The van der Waals surface area contributed by atoms with Crippen molar-refractivity contribution >= 4 is 21.9 Å². The van der Waals surface area contributed by atoms with E-state index in [1.807, 2.05) is 0 Å². The first-order valence-electron chi connectivity index (χ1n) is 6.73. The molecule has 23 heavy (non-hydrogen) atoms. The number of nitrogens with zero attached hydrogens (tertiary/aromatic N) is 1. The van der Waals surface area contributed by atoms with E-state index in [4.69, 9.17) is 9.84 Å². The summed E-state index contributed by atoms with van der Waals surface area (Å²) >= 11 is 0. The molecule has 0 saturated carbocycles. The second-order valence-corrected chi connectivity index (χ2v) is 6.90. The summed E-state index contributed by atoms with van der Waals surface area (Å²) in [6.45, 7) is 2.77. The van der Waals surface area contributed by atoms with Crippen molar-refractivity contribution in [3.8, 4) is 5.75 Å². The number of carboxylic acids is 1. The van der Waals surface area contributed by atoms with Crippen LogP contribution in [-0.2, 0) is 26.2 Å².